The van der Waals surface area contributed by atoms with Crippen molar-refractivity contribution >= 4 is 7.60 Å². The van der Waals surface area contributed by atoms with Crippen LogP contribution in [0.2, 0.25) is 0 Å². The largest absolute Gasteiger partial charge is 0.774 e. The molecule has 208 valence electrons. The van der Waals surface area contributed by atoms with Gasteiger partial charge in [-0.3, -0.25) is 0 Å². The monoisotopic (exact) mass is 517 g/mol. The van der Waals surface area contributed by atoms with Crippen molar-refractivity contribution < 1.29 is 27.9 Å². The zero-order valence-electron chi connectivity index (χ0n) is 23.7. The minimum Gasteiger partial charge on any atom is -0.774 e. The van der Waals surface area contributed by atoms with Crippen LogP contribution in [-0.2, 0) is 18.6 Å². The Morgan fingerprint density at radius 3 is 1.83 bits per heavy atom. The molecule has 0 amide bonds. The molecule has 0 saturated heterocycles. The maximum absolute atomic E-state index is 12.7. The molecule has 0 aliphatic rings. The van der Waals surface area contributed by atoms with Crippen LogP contribution in [0.15, 0.2) is 24.3 Å². The smallest absolute Gasteiger partial charge is 0.193 e. The third-order valence-corrected chi connectivity index (χ3v) is 8.28. The van der Waals surface area contributed by atoms with Gasteiger partial charge >= 0.3 is 0 Å². The van der Waals surface area contributed by atoms with Crippen LogP contribution in [0.4, 0.5) is 0 Å². The van der Waals surface area contributed by atoms with E-state index < -0.39 is 13.4 Å². The van der Waals surface area contributed by atoms with E-state index in [0.29, 0.717) is 24.1 Å². The van der Waals surface area contributed by atoms with Crippen molar-refractivity contribution in [2.75, 3.05) is 48.1 Å². The zero-order valence-corrected chi connectivity index (χ0v) is 24.6. The quantitative estimate of drug-likeness (QED) is 0.0607. The number of rotatable bonds is 24. The molecule has 0 aromatic heterocycles. The van der Waals surface area contributed by atoms with Crippen molar-refractivity contribution in [1.29, 1.82) is 0 Å². The summed E-state index contributed by atoms with van der Waals surface area (Å²) in [5.41, 5.74) is 0. The van der Waals surface area contributed by atoms with Gasteiger partial charge in [0.25, 0.3) is 0 Å². The lowest BCUT2D eigenvalue weighted by molar-refractivity contribution is -0.884. The third kappa shape index (κ3) is 19.3. The first-order valence-electron chi connectivity index (χ1n) is 13.9. The lowest BCUT2D eigenvalue weighted by atomic mass is 10.1. The van der Waals surface area contributed by atoms with Crippen LogP contribution < -0.4 is 4.89 Å². The summed E-state index contributed by atoms with van der Waals surface area (Å²) in [6.07, 6.45) is 23.4. The van der Waals surface area contributed by atoms with Crippen LogP contribution >= 0.6 is 7.60 Å². The van der Waals surface area contributed by atoms with Crippen LogP contribution in [0.3, 0.4) is 0 Å². The predicted molar refractivity (Wildman–Crippen MR) is 147 cm³/mol. The number of methoxy groups -OCH3 is 1. The van der Waals surface area contributed by atoms with Gasteiger partial charge in [-0.1, -0.05) is 57.4 Å². The van der Waals surface area contributed by atoms with Crippen LogP contribution in [-0.4, -0.2) is 64.4 Å². The van der Waals surface area contributed by atoms with Gasteiger partial charge in [0.15, 0.2) is 13.4 Å². The van der Waals surface area contributed by atoms with Crippen LogP contribution in [0, 0.1) is 0 Å². The number of quaternary nitrogens is 1. The Hall–Kier alpha value is -0.490. The van der Waals surface area contributed by atoms with Crippen molar-refractivity contribution in [2.45, 2.75) is 109 Å². The van der Waals surface area contributed by atoms with Crippen LogP contribution in [0.1, 0.15) is 97.3 Å². The maximum atomic E-state index is 12.7. The van der Waals surface area contributed by atoms with Gasteiger partial charge in [0.2, 0.25) is 0 Å². The van der Waals surface area contributed by atoms with Crippen molar-refractivity contribution in [3.05, 3.63) is 24.3 Å². The molecule has 6 nitrogen and oxygen atoms in total. The fourth-order valence-corrected chi connectivity index (χ4v) is 5.83. The lowest BCUT2D eigenvalue weighted by Gasteiger charge is -2.41. The Morgan fingerprint density at radius 1 is 0.800 bits per heavy atom. The molecule has 0 radical (unpaired) electrons. The highest BCUT2D eigenvalue weighted by Gasteiger charge is 2.35. The van der Waals surface area contributed by atoms with E-state index in [1.54, 1.807) is 7.11 Å². The molecule has 0 aromatic carbocycles. The summed E-state index contributed by atoms with van der Waals surface area (Å²) in [6.45, 7) is 5.21. The zero-order chi connectivity index (χ0) is 26.4. The minimum absolute atomic E-state index is 0.00255. The molecule has 0 heterocycles. The van der Waals surface area contributed by atoms with Crippen molar-refractivity contribution in [3.8, 4) is 0 Å². The Bertz CT molecular complexity index is 588. The Morgan fingerprint density at radius 2 is 1.34 bits per heavy atom. The number of allylic oxidation sites excluding steroid dienone is 4. The Balaban J connectivity index is 3.85. The van der Waals surface area contributed by atoms with Crippen molar-refractivity contribution in [1.82, 2.24) is 0 Å². The highest BCUT2D eigenvalue weighted by Crippen LogP contribution is 2.48. The van der Waals surface area contributed by atoms with Crippen LogP contribution in [0.5, 0.6) is 0 Å². The molecule has 0 aliphatic carbocycles. The predicted octanol–water partition coefficient (Wildman–Crippen LogP) is 6.84. The van der Waals surface area contributed by atoms with Gasteiger partial charge in [0, 0.05) is 20.1 Å². The van der Waals surface area contributed by atoms with Crippen molar-refractivity contribution in [2.24, 2.45) is 0 Å². The first-order valence-corrected chi connectivity index (χ1v) is 15.5. The molecule has 0 fully saturated rings. The van der Waals surface area contributed by atoms with E-state index in [2.05, 4.69) is 31.2 Å². The summed E-state index contributed by atoms with van der Waals surface area (Å²) in [6, 6.07) is 0. The fourth-order valence-electron chi connectivity index (χ4n) is 3.86. The topological polar surface area (TPSA) is 67.8 Å². The molecule has 0 spiro atoms. The second kappa shape index (κ2) is 21.6. The van der Waals surface area contributed by atoms with Gasteiger partial charge in [-0.25, -0.2) is 0 Å². The molecule has 0 N–H and O–H groups in total. The van der Waals surface area contributed by atoms with Gasteiger partial charge in [-0.15, -0.1) is 0 Å². The molecule has 7 heteroatoms. The summed E-state index contributed by atoms with van der Waals surface area (Å²) in [7, 11) is 3.21. The van der Waals surface area contributed by atoms with E-state index in [4.69, 9.17) is 14.0 Å². The van der Waals surface area contributed by atoms with E-state index in [0.717, 1.165) is 25.7 Å². The molecule has 0 saturated carbocycles. The summed E-state index contributed by atoms with van der Waals surface area (Å²) in [5.74, 6) is -0.558. The molecule has 0 aromatic rings. The molecule has 35 heavy (non-hydrogen) atoms. The lowest BCUT2D eigenvalue weighted by Crippen LogP contribution is -2.47. The molecule has 2 unspecified atom stereocenters. The van der Waals surface area contributed by atoms with Crippen molar-refractivity contribution in [3.63, 3.8) is 0 Å². The molecular formula is C28H56NO5P. The third-order valence-electron chi connectivity index (χ3n) is 6.09. The highest BCUT2D eigenvalue weighted by molar-refractivity contribution is 7.51. The van der Waals surface area contributed by atoms with Gasteiger partial charge in [0.05, 0.1) is 34.4 Å². The van der Waals surface area contributed by atoms with E-state index in [1.807, 2.05) is 28.1 Å². The van der Waals surface area contributed by atoms with Gasteiger partial charge in [-0.2, -0.15) is 0 Å². The first-order chi connectivity index (χ1) is 16.7. The van der Waals surface area contributed by atoms with Gasteiger partial charge in [-0.05, 0) is 57.8 Å². The number of hydrogen-bond acceptors (Lipinski definition) is 5. The standard InChI is InChI=1S/C28H56NO5P/c1-7-9-10-11-12-13-14-15-16-17-18-19-20-21-22-24-33-25-27(32-6)26-34-35(30,31)28(23-8-2)29(3,4)5/h11-12,17-18,27-28H,7-10,13-16,19-26H2,1-6H3/b12-11-,18-17-/t27-,28?/m1/s1. The van der Waals surface area contributed by atoms with Gasteiger partial charge < -0.3 is 27.9 Å². The van der Waals surface area contributed by atoms with Crippen LogP contribution in [0.25, 0.3) is 0 Å². The molecule has 0 rings (SSSR count). The average Bonchev–Trinajstić information content (AvgIpc) is 2.80. The first kappa shape index (κ1) is 34.5. The van der Waals surface area contributed by atoms with E-state index in [1.165, 1.54) is 51.4 Å². The average molecular weight is 518 g/mol. The Kier molecular flexibility index (Phi) is 21.3. The normalized spacial score (nSPS) is 16.2. The highest BCUT2D eigenvalue weighted by atomic mass is 31.2. The van der Waals surface area contributed by atoms with Gasteiger partial charge in [0.1, 0.15) is 6.10 Å². The van der Waals surface area contributed by atoms with E-state index in [-0.39, 0.29) is 12.7 Å². The molecule has 0 aliphatic heterocycles. The summed E-state index contributed by atoms with van der Waals surface area (Å²) in [5, 5.41) is 0. The second-order valence-corrected chi connectivity index (χ2v) is 12.3. The number of unbranched alkanes of at least 4 members (excludes halogenated alkanes) is 8. The summed E-state index contributed by atoms with van der Waals surface area (Å²) < 4.78 is 29.5. The Labute approximate surface area is 217 Å². The fraction of sp³-hybridized carbons (Fsp3) is 0.857. The van der Waals surface area contributed by atoms with E-state index in [9.17, 15) is 9.46 Å². The number of nitrogens with zero attached hydrogens (tertiary/aromatic N) is 1. The van der Waals surface area contributed by atoms with E-state index >= 15 is 0 Å². The maximum Gasteiger partial charge on any atom is 0.193 e. The number of ether oxygens (including phenoxy) is 2. The molecule has 0 bridgehead atoms. The second-order valence-electron chi connectivity index (χ2n) is 10.4. The minimum atomic E-state index is -4.01. The number of hydrogen-bond donors (Lipinski definition) is 0. The summed E-state index contributed by atoms with van der Waals surface area (Å²) in [4.78, 5) is 12.7. The molecular weight excluding hydrogens is 461 g/mol. The molecule has 3 atom stereocenters. The SMILES string of the molecule is CCCC/C=C\CCCC/C=C\CCCCCOC[C@H](COP(=O)([O-])C(CCC)[N+](C)(C)C)OC. The summed E-state index contributed by atoms with van der Waals surface area (Å²) >= 11 is 0.